The number of carbonyl (C=O) groups is 1. The van der Waals surface area contributed by atoms with Crippen LogP contribution in [0.25, 0.3) is 0 Å². The van der Waals surface area contributed by atoms with Gasteiger partial charge in [-0.2, -0.15) is 0 Å². The number of nitrogens with zero attached hydrogens (tertiary/aromatic N) is 2. The number of hydrogen-bond acceptors (Lipinski definition) is 4. The zero-order valence-corrected chi connectivity index (χ0v) is 12.3. The largest absolute Gasteiger partial charge is 0.352 e. The van der Waals surface area contributed by atoms with E-state index in [2.05, 4.69) is 25.5 Å². The second-order valence-corrected chi connectivity index (χ2v) is 6.52. The maximum Gasteiger partial charge on any atom is 0.237 e. The standard InChI is InChI=1S/C15H23N5O/c21-15(13-7-12-14(8-16-13)18-9-17-12)19-10-3-5-20(6-4-10)11-1-2-11/h9-11,13,16H,1-8H2,(H,17,18)(H,19,21). The Hall–Kier alpha value is -1.40. The van der Waals surface area contributed by atoms with E-state index in [1.54, 1.807) is 6.33 Å². The molecule has 2 aliphatic heterocycles. The van der Waals surface area contributed by atoms with Gasteiger partial charge in [0.15, 0.2) is 0 Å². The molecule has 3 aliphatic rings. The van der Waals surface area contributed by atoms with Crippen LogP contribution in [0.15, 0.2) is 6.33 Å². The van der Waals surface area contributed by atoms with Gasteiger partial charge in [0.25, 0.3) is 0 Å². The minimum Gasteiger partial charge on any atom is -0.352 e. The fourth-order valence-electron chi connectivity index (χ4n) is 3.50. The number of aromatic nitrogens is 2. The topological polar surface area (TPSA) is 73.0 Å². The third-order valence-corrected chi connectivity index (χ3v) is 4.99. The van der Waals surface area contributed by atoms with Crippen molar-refractivity contribution in [2.45, 2.75) is 56.8 Å². The van der Waals surface area contributed by atoms with Crippen LogP contribution in [0.2, 0.25) is 0 Å². The summed E-state index contributed by atoms with van der Waals surface area (Å²) in [7, 11) is 0. The van der Waals surface area contributed by atoms with Crippen LogP contribution >= 0.6 is 0 Å². The number of hydrogen-bond donors (Lipinski definition) is 3. The Bertz CT molecular complexity index is 516. The number of nitrogens with one attached hydrogen (secondary N) is 3. The number of H-pyrrole nitrogens is 1. The van der Waals surface area contributed by atoms with Gasteiger partial charge in [-0.05, 0) is 25.7 Å². The molecule has 0 radical (unpaired) electrons. The highest BCUT2D eigenvalue weighted by atomic mass is 16.2. The van der Waals surface area contributed by atoms with Crippen molar-refractivity contribution in [1.29, 1.82) is 0 Å². The van der Waals surface area contributed by atoms with Gasteiger partial charge >= 0.3 is 0 Å². The van der Waals surface area contributed by atoms with Crippen molar-refractivity contribution in [2.24, 2.45) is 0 Å². The first-order chi connectivity index (χ1) is 10.3. The fourth-order valence-corrected chi connectivity index (χ4v) is 3.50. The molecular formula is C15H23N5O. The maximum atomic E-state index is 12.4. The van der Waals surface area contributed by atoms with Crippen LogP contribution in [0.4, 0.5) is 0 Å². The number of fused-ring (bicyclic) bond motifs is 1. The summed E-state index contributed by atoms with van der Waals surface area (Å²) in [4.78, 5) is 22.4. The predicted octanol–water partition coefficient (Wildman–Crippen LogP) is 0.167. The van der Waals surface area contributed by atoms with Crippen LogP contribution in [0.3, 0.4) is 0 Å². The number of carbonyl (C=O) groups excluding carboxylic acids is 1. The molecule has 1 aromatic rings. The molecule has 4 rings (SSSR count). The number of piperidine rings is 1. The molecule has 1 atom stereocenters. The molecule has 0 spiro atoms. The van der Waals surface area contributed by atoms with E-state index in [0.717, 1.165) is 43.4 Å². The highest BCUT2D eigenvalue weighted by Gasteiger charge is 2.33. The van der Waals surface area contributed by atoms with Gasteiger partial charge in [-0.15, -0.1) is 0 Å². The highest BCUT2D eigenvalue weighted by molar-refractivity contribution is 5.82. The average Bonchev–Trinajstić information content (AvgIpc) is 3.25. The average molecular weight is 289 g/mol. The van der Waals surface area contributed by atoms with Crippen molar-refractivity contribution in [2.75, 3.05) is 13.1 Å². The van der Waals surface area contributed by atoms with Crippen LogP contribution in [-0.2, 0) is 17.8 Å². The summed E-state index contributed by atoms with van der Waals surface area (Å²) in [5.74, 6) is 0.133. The summed E-state index contributed by atoms with van der Waals surface area (Å²) in [5, 5.41) is 6.52. The molecule has 0 aromatic carbocycles. The molecular weight excluding hydrogens is 266 g/mol. The Morgan fingerprint density at radius 1 is 1.29 bits per heavy atom. The van der Waals surface area contributed by atoms with Gasteiger partial charge in [0.05, 0.1) is 23.8 Å². The van der Waals surface area contributed by atoms with Crippen LogP contribution < -0.4 is 10.6 Å². The van der Waals surface area contributed by atoms with Crippen LogP contribution in [0.1, 0.15) is 37.1 Å². The smallest absolute Gasteiger partial charge is 0.237 e. The summed E-state index contributed by atoms with van der Waals surface area (Å²) in [5.41, 5.74) is 2.13. The Morgan fingerprint density at radius 2 is 2.10 bits per heavy atom. The molecule has 1 saturated carbocycles. The SMILES string of the molecule is O=C(NC1CCN(C2CC2)CC1)C1Cc2nc[nH]c2CN1. The van der Waals surface area contributed by atoms with E-state index in [1.807, 2.05) is 0 Å². The Kier molecular flexibility index (Phi) is 3.43. The lowest BCUT2D eigenvalue weighted by atomic mass is 10.0. The number of likely N-dealkylation sites (tertiary alicyclic amines) is 1. The Balaban J connectivity index is 1.28. The first-order valence-corrected chi connectivity index (χ1v) is 8.08. The third kappa shape index (κ3) is 2.82. The molecule has 1 saturated heterocycles. The van der Waals surface area contributed by atoms with Crippen LogP contribution in [-0.4, -0.2) is 52.0 Å². The normalized spacial score (nSPS) is 27.3. The van der Waals surface area contributed by atoms with E-state index < -0.39 is 0 Å². The lowest BCUT2D eigenvalue weighted by Crippen LogP contribution is -2.53. The minimum absolute atomic E-state index is 0.133. The molecule has 21 heavy (non-hydrogen) atoms. The summed E-state index contributed by atoms with van der Waals surface area (Å²) < 4.78 is 0. The molecule has 0 bridgehead atoms. The van der Waals surface area contributed by atoms with Gasteiger partial charge < -0.3 is 15.2 Å². The van der Waals surface area contributed by atoms with Gasteiger partial charge in [-0.25, -0.2) is 4.98 Å². The monoisotopic (exact) mass is 289 g/mol. The van der Waals surface area contributed by atoms with Crippen molar-refractivity contribution in [3.63, 3.8) is 0 Å². The van der Waals surface area contributed by atoms with E-state index in [1.165, 1.54) is 12.8 Å². The fraction of sp³-hybridized carbons (Fsp3) is 0.733. The number of imidazole rings is 1. The molecule has 1 amide bonds. The van der Waals surface area contributed by atoms with Crippen LogP contribution in [0.5, 0.6) is 0 Å². The van der Waals surface area contributed by atoms with E-state index in [0.29, 0.717) is 19.0 Å². The van der Waals surface area contributed by atoms with Crippen molar-refractivity contribution in [3.05, 3.63) is 17.7 Å². The third-order valence-electron chi connectivity index (χ3n) is 4.99. The van der Waals surface area contributed by atoms with Crippen molar-refractivity contribution >= 4 is 5.91 Å². The Morgan fingerprint density at radius 3 is 2.86 bits per heavy atom. The van der Waals surface area contributed by atoms with Crippen molar-refractivity contribution < 1.29 is 4.79 Å². The van der Waals surface area contributed by atoms with Crippen molar-refractivity contribution in [1.82, 2.24) is 25.5 Å². The second-order valence-electron chi connectivity index (χ2n) is 6.52. The minimum atomic E-state index is -0.137. The van der Waals surface area contributed by atoms with Crippen LogP contribution in [0, 0.1) is 0 Å². The summed E-state index contributed by atoms with van der Waals surface area (Å²) in [6.45, 7) is 2.97. The van der Waals surface area contributed by atoms with Gasteiger partial charge in [0.1, 0.15) is 0 Å². The zero-order chi connectivity index (χ0) is 14.2. The van der Waals surface area contributed by atoms with Gasteiger partial charge in [-0.1, -0.05) is 0 Å². The first-order valence-electron chi connectivity index (χ1n) is 8.08. The molecule has 6 heteroatoms. The lowest BCUT2D eigenvalue weighted by Gasteiger charge is -2.33. The van der Waals surface area contributed by atoms with Gasteiger partial charge in [0, 0.05) is 38.1 Å². The van der Waals surface area contributed by atoms with Crippen molar-refractivity contribution in [3.8, 4) is 0 Å². The lowest BCUT2D eigenvalue weighted by molar-refractivity contribution is -0.124. The highest BCUT2D eigenvalue weighted by Crippen LogP contribution is 2.29. The molecule has 114 valence electrons. The number of amides is 1. The van der Waals surface area contributed by atoms with E-state index in [9.17, 15) is 4.79 Å². The number of aromatic amines is 1. The molecule has 3 N–H and O–H groups in total. The second kappa shape index (κ2) is 5.42. The number of rotatable bonds is 3. The summed E-state index contributed by atoms with van der Waals surface area (Å²) in [6.07, 6.45) is 7.31. The first kappa shape index (κ1) is 13.3. The maximum absolute atomic E-state index is 12.4. The molecule has 1 aliphatic carbocycles. The van der Waals surface area contributed by atoms with Gasteiger partial charge in [0.2, 0.25) is 5.91 Å². The van der Waals surface area contributed by atoms with E-state index in [-0.39, 0.29) is 11.9 Å². The summed E-state index contributed by atoms with van der Waals surface area (Å²) >= 11 is 0. The molecule has 2 fully saturated rings. The van der Waals surface area contributed by atoms with Gasteiger partial charge in [-0.3, -0.25) is 10.1 Å². The predicted molar refractivity (Wildman–Crippen MR) is 78.7 cm³/mol. The Labute approximate surface area is 124 Å². The molecule has 1 unspecified atom stereocenters. The van der Waals surface area contributed by atoms with E-state index >= 15 is 0 Å². The molecule has 6 nitrogen and oxygen atoms in total. The quantitative estimate of drug-likeness (QED) is 0.741. The summed E-state index contributed by atoms with van der Waals surface area (Å²) in [6, 6.07) is 1.05. The molecule has 3 heterocycles. The zero-order valence-electron chi connectivity index (χ0n) is 12.3. The van der Waals surface area contributed by atoms with E-state index in [4.69, 9.17) is 0 Å². The molecule has 1 aromatic heterocycles.